The lowest BCUT2D eigenvalue weighted by atomic mass is 10.1. The molecule has 0 atom stereocenters. The molecule has 1 rings (SSSR count). The zero-order valence-corrected chi connectivity index (χ0v) is 10.2. The van der Waals surface area contributed by atoms with Gasteiger partial charge in [-0.25, -0.2) is 0 Å². The molecule has 1 radical (unpaired) electrons. The highest BCUT2D eigenvalue weighted by Gasteiger charge is 2.09. The molecule has 1 nitrogen and oxygen atoms in total. The van der Waals surface area contributed by atoms with Crippen LogP contribution in [0.5, 0.6) is 0 Å². The maximum atomic E-state index is 2.41. The van der Waals surface area contributed by atoms with Crippen LogP contribution in [0.2, 0.25) is 13.1 Å². The van der Waals surface area contributed by atoms with Crippen molar-refractivity contribution in [2.45, 2.75) is 26.9 Å². The number of nitrogens with zero attached hydrogens (tertiary/aromatic N) is 1. The number of rotatable bonds is 2. The first-order valence-corrected chi connectivity index (χ1v) is 7.09. The maximum Gasteiger partial charge on any atom is 0.162 e. The van der Waals surface area contributed by atoms with Crippen LogP contribution in [-0.4, -0.2) is 16.0 Å². The molecule has 0 bridgehead atoms. The molecule has 0 unspecified atom stereocenters. The Kier molecular flexibility index (Phi) is 3.15. The predicted octanol–water partition coefficient (Wildman–Crippen LogP) is 2.99. The molecule has 1 aromatic carbocycles. The van der Waals surface area contributed by atoms with E-state index in [4.69, 9.17) is 0 Å². The molecule has 0 aromatic heterocycles. The molecular weight excluding hydrogens is 174 g/mol. The summed E-state index contributed by atoms with van der Waals surface area (Å²) in [5.41, 5.74) is 4.18. The van der Waals surface area contributed by atoms with Crippen LogP contribution >= 0.6 is 0 Å². The van der Waals surface area contributed by atoms with E-state index >= 15 is 0 Å². The lowest BCUT2D eigenvalue weighted by molar-refractivity contribution is 1.23. The van der Waals surface area contributed by atoms with Crippen LogP contribution in [0.15, 0.2) is 18.2 Å². The van der Waals surface area contributed by atoms with Gasteiger partial charge in [-0.1, -0.05) is 25.2 Å². The first-order chi connectivity index (χ1) is 6.04. The first-order valence-electron chi connectivity index (χ1n) is 4.64. The maximum absolute atomic E-state index is 2.41. The fraction of sp³-hybridized carbons (Fsp3) is 0.455. The van der Waals surface area contributed by atoms with Crippen LogP contribution in [0, 0.1) is 13.8 Å². The molecule has 0 heterocycles. The van der Waals surface area contributed by atoms with Crippen molar-refractivity contribution in [1.82, 2.24) is 0 Å². The van der Waals surface area contributed by atoms with E-state index in [-0.39, 0.29) is 8.96 Å². The molecule has 0 aliphatic rings. The lowest BCUT2D eigenvalue weighted by Crippen LogP contribution is -2.30. The molecule has 1 aromatic rings. The van der Waals surface area contributed by atoms with Crippen molar-refractivity contribution < 1.29 is 0 Å². The lowest BCUT2D eigenvalue weighted by Gasteiger charge is -2.25. The zero-order chi connectivity index (χ0) is 10.0. The van der Waals surface area contributed by atoms with Crippen molar-refractivity contribution in [2.24, 2.45) is 0 Å². The van der Waals surface area contributed by atoms with Gasteiger partial charge in [0.1, 0.15) is 0 Å². The highest BCUT2D eigenvalue weighted by atomic mass is 28.3. The summed E-state index contributed by atoms with van der Waals surface area (Å²) in [6.45, 7) is 9.00. The van der Waals surface area contributed by atoms with Crippen molar-refractivity contribution >= 4 is 14.6 Å². The molecule has 0 spiro atoms. The van der Waals surface area contributed by atoms with Gasteiger partial charge in [-0.2, -0.15) is 0 Å². The molecule has 0 aliphatic carbocycles. The molecule has 0 fully saturated rings. The number of benzene rings is 1. The minimum absolute atomic E-state index is 0.370. The molecule has 0 saturated heterocycles. The third-order valence-corrected chi connectivity index (χ3v) is 4.19. The van der Waals surface area contributed by atoms with E-state index in [1.54, 1.807) is 0 Å². The SMILES string of the molecule is Cc1cccc(N(C)[Si](C)C)c1C. The Morgan fingerprint density at radius 1 is 1.15 bits per heavy atom. The van der Waals surface area contributed by atoms with E-state index in [0.717, 1.165) is 0 Å². The minimum atomic E-state index is -0.370. The van der Waals surface area contributed by atoms with Crippen LogP contribution in [0.1, 0.15) is 11.1 Å². The van der Waals surface area contributed by atoms with Gasteiger partial charge in [-0.15, -0.1) is 0 Å². The van der Waals surface area contributed by atoms with Crippen molar-refractivity contribution in [2.75, 3.05) is 11.6 Å². The monoisotopic (exact) mass is 192 g/mol. The van der Waals surface area contributed by atoms with Crippen LogP contribution in [0.4, 0.5) is 5.69 Å². The minimum Gasteiger partial charge on any atom is -0.400 e. The first kappa shape index (κ1) is 10.3. The second kappa shape index (κ2) is 3.96. The largest absolute Gasteiger partial charge is 0.400 e. The van der Waals surface area contributed by atoms with Gasteiger partial charge in [0.25, 0.3) is 0 Å². The summed E-state index contributed by atoms with van der Waals surface area (Å²) in [5.74, 6) is 0. The Balaban J connectivity index is 3.07. The highest BCUT2D eigenvalue weighted by molar-refractivity contribution is 6.60. The van der Waals surface area contributed by atoms with Crippen LogP contribution in [0.3, 0.4) is 0 Å². The van der Waals surface area contributed by atoms with Gasteiger partial charge in [0.2, 0.25) is 0 Å². The van der Waals surface area contributed by atoms with Gasteiger partial charge in [0.05, 0.1) is 0 Å². The van der Waals surface area contributed by atoms with Gasteiger partial charge < -0.3 is 4.57 Å². The standard InChI is InChI=1S/C11H18NSi/c1-9-7-6-8-11(10(9)2)12(3)13(4)5/h6-8H,1-5H3. The Bertz CT molecular complexity index is 294. The van der Waals surface area contributed by atoms with E-state index in [0.29, 0.717) is 0 Å². The average Bonchev–Trinajstić information content (AvgIpc) is 2.08. The summed E-state index contributed by atoms with van der Waals surface area (Å²) < 4.78 is 2.41. The smallest absolute Gasteiger partial charge is 0.162 e. The Hall–Kier alpha value is -0.763. The van der Waals surface area contributed by atoms with E-state index < -0.39 is 0 Å². The fourth-order valence-corrected chi connectivity index (χ4v) is 2.06. The van der Waals surface area contributed by atoms with Crippen LogP contribution < -0.4 is 4.57 Å². The Labute approximate surface area is 83.1 Å². The normalized spacial score (nSPS) is 10.6. The van der Waals surface area contributed by atoms with Gasteiger partial charge in [0, 0.05) is 5.69 Å². The van der Waals surface area contributed by atoms with E-state index in [1.807, 2.05) is 0 Å². The van der Waals surface area contributed by atoms with E-state index in [2.05, 4.69) is 56.8 Å². The molecule has 0 aliphatic heterocycles. The molecular formula is C11H18NSi. The molecule has 0 amide bonds. The molecule has 71 valence electrons. The summed E-state index contributed by atoms with van der Waals surface area (Å²) in [5, 5.41) is 0. The summed E-state index contributed by atoms with van der Waals surface area (Å²) >= 11 is 0. The second-order valence-electron chi connectivity index (χ2n) is 3.73. The van der Waals surface area contributed by atoms with Gasteiger partial charge in [-0.05, 0) is 38.1 Å². The van der Waals surface area contributed by atoms with Crippen molar-refractivity contribution in [3.8, 4) is 0 Å². The molecule has 13 heavy (non-hydrogen) atoms. The number of anilines is 1. The van der Waals surface area contributed by atoms with E-state index in [9.17, 15) is 0 Å². The van der Waals surface area contributed by atoms with Crippen LogP contribution in [0.25, 0.3) is 0 Å². The number of hydrogen-bond donors (Lipinski definition) is 0. The third-order valence-electron chi connectivity index (χ3n) is 2.61. The quantitative estimate of drug-likeness (QED) is 0.651. The van der Waals surface area contributed by atoms with Crippen molar-refractivity contribution in [3.63, 3.8) is 0 Å². The van der Waals surface area contributed by atoms with Gasteiger partial charge in [0.15, 0.2) is 8.96 Å². The predicted molar refractivity (Wildman–Crippen MR) is 61.8 cm³/mol. The molecule has 0 N–H and O–H groups in total. The summed E-state index contributed by atoms with van der Waals surface area (Å²) in [6, 6.07) is 6.52. The molecule has 0 saturated carbocycles. The summed E-state index contributed by atoms with van der Waals surface area (Å²) in [4.78, 5) is 0. The Morgan fingerprint density at radius 3 is 2.31 bits per heavy atom. The fourth-order valence-electron chi connectivity index (χ4n) is 1.34. The topological polar surface area (TPSA) is 3.24 Å². The zero-order valence-electron chi connectivity index (χ0n) is 9.18. The van der Waals surface area contributed by atoms with Crippen molar-refractivity contribution in [1.29, 1.82) is 0 Å². The average molecular weight is 192 g/mol. The van der Waals surface area contributed by atoms with Crippen molar-refractivity contribution in [3.05, 3.63) is 29.3 Å². The second-order valence-corrected chi connectivity index (χ2v) is 6.29. The summed E-state index contributed by atoms with van der Waals surface area (Å²) in [7, 11) is 1.82. The summed E-state index contributed by atoms with van der Waals surface area (Å²) in [6.07, 6.45) is 0. The van der Waals surface area contributed by atoms with Gasteiger partial charge in [-0.3, -0.25) is 0 Å². The van der Waals surface area contributed by atoms with E-state index in [1.165, 1.54) is 16.8 Å². The van der Waals surface area contributed by atoms with Crippen LogP contribution in [-0.2, 0) is 0 Å². The molecule has 2 heteroatoms. The van der Waals surface area contributed by atoms with Gasteiger partial charge >= 0.3 is 0 Å². The highest BCUT2D eigenvalue weighted by Crippen LogP contribution is 2.22. The Morgan fingerprint density at radius 2 is 1.77 bits per heavy atom. The number of aryl methyl sites for hydroxylation is 1. The number of hydrogen-bond acceptors (Lipinski definition) is 1. The third kappa shape index (κ3) is 2.13.